The fourth-order valence-electron chi connectivity index (χ4n) is 1.95. The van der Waals surface area contributed by atoms with Gasteiger partial charge in [0, 0.05) is 12.0 Å². The maximum Gasteiger partial charge on any atom is 0.156 e. The van der Waals surface area contributed by atoms with E-state index in [-0.39, 0.29) is 18.8 Å². The van der Waals surface area contributed by atoms with E-state index in [0.717, 1.165) is 11.1 Å². The SMILES string of the molecule is CC(C)(C)N1N=CC(OCc2ccc(C#CCCO)cc2)=C(Cl)CO1. The van der Waals surface area contributed by atoms with Gasteiger partial charge in [0.15, 0.2) is 5.76 Å². The van der Waals surface area contributed by atoms with Crippen molar-refractivity contribution in [3.8, 4) is 11.8 Å². The Morgan fingerprint density at radius 2 is 2.04 bits per heavy atom. The minimum Gasteiger partial charge on any atom is -0.486 e. The van der Waals surface area contributed by atoms with Crippen LogP contribution >= 0.6 is 11.6 Å². The van der Waals surface area contributed by atoms with E-state index in [1.54, 1.807) is 6.21 Å². The first-order valence-electron chi connectivity index (χ1n) is 8.07. The first-order chi connectivity index (χ1) is 11.9. The Bertz CT molecular complexity index is 694. The van der Waals surface area contributed by atoms with E-state index in [2.05, 4.69) is 16.9 Å². The summed E-state index contributed by atoms with van der Waals surface area (Å²) in [6.45, 7) is 6.65. The average Bonchev–Trinajstić information content (AvgIpc) is 2.76. The molecule has 6 heteroatoms. The lowest BCUT2D eigenvalue weighted by molar-refractivity contribution is -0.200. The summed E-state index contributed by atoms with van der Waals surface area (Å²) in [5.74, 6) is 6.38. The zero-order valence-electron chi connectivity index (χ0n) is 14.8. The quantitative estimate of drug-likeness (QED) is 0.834. The van der Waals surface area contributed by atoms with Crippen LogP contribution in [0.3, 0.4) is 0 Å². The van der Waals surface area contributed by atoms with Crippen LogP contribution in [-0.2, 0) is 16.2 Å². The topological polar surface area (TPSA) is 54.3 Å². The van der Waals surface area contributed by atoms with Crippen LogP contribution in [0.15, 0.2) is 40.2 Å². The zero-order valence-corrected chi connectivity index (χ0v) is 15.5. The van der Waals surface area contributed by atoms with E-state index in [4.69, 9.17) is 26.3 Å². The Hall–Kier alpha value is -2.00. The molecule has 0 spiro atoms. The summed E-state index contributed by atoms with van der Waals surface area (Å²) < 4.78 is 5.78. The maximum absolute atomic E-state index is 8.73. The Morgan fingerprint density at radius 1 is 1.32 bits per heavy atom. The number of allylic oxidation sites excluding steroid dienone is 1. The molecule has 0 aromatic heterocycles. The molecule has 0 bridgehead atoms. The molecule has 0 saturated heterocycles. The summed E-state index contributed by atoms with van der Waals surface area (Å²) >= 11 is 6.24. The molecule has 0 saturated carbocycles. The van der Waals surface area contributed by atoms with Crippen molar-refractivity contribution in [3.63, 3.8) is 0 Å². The van der Waals surface area contributed by atoms with Gasteiger partial charge >= 0.3 is 0 Å². The largest absolute Gasteiger partial charge is 0.486 e. The number of hydroxylamine groups is 1. The van der Waals surface area contributed by atoms with Gasteiger partial charge in [-0.1, -0.05) is 35.6 Å². The highest BCUT2D eigenvalue weighted by atomic mass is 35.5. The van der Waals surface area contributed by atoms with E-state index in [0.29, 0.717) is 23.8 Å². The summed E-state index contributed by atoms with van der Waals surface area (Å²) in [6, 6.07) is 7.74. The van der Waals surface area contributed by atoms with Gasteiger partial charge in [0.25, 0.3) is 0 Å². The number of benzene rings is 1. The van der Waals surface area contributed by atoms with Crippen LogP contribution < -0.4 is 0 Å². The smallest absolute Gasteiger partial charge is 0.156 e. The minimum absolute atomic E-state index is 0.0761. The molecule has 5 nitrogen and oxygen atoms in total. The van der Waals surface area contributed by atoms with Crippen LogP contribution in [0.2, 0.25) is 0 Å². The predicted octanol–water partition coefficient (Wildman–Crippen LogP) is 3.42. The number of hydrogen-bond acceptors (Lipinski definition) is 5. The van der Waals surface area contributed by atoms with Crippen molar-refractivity contribution in [1.29, 1.82) is 0 Å². The van der Waals surface area contributed by atoms with Gasteiger partial charge in [-0.15, -0.1) is 0 Å². The Balaban J connectivity index is 1.97. The van der Waals surface area contributed by atoms with Crippen molar-refractivity contribution >= 4 is 17.8 Å². The number of aliphatic hydroxyl groups is 1. The second-order valence-corrected chi connectivity index (χ2v) is 6.95. The summed E-state index contributed by atoms with van der Waals surface area (Å²) in [6.07, 6.45) is 2.06. The normalized spacial score (nSPS) is 14.8. The Kier molecular flexibility index (Phi) is 6.89. The first kappa shape index (κ1) is 19.3. The molecule has 0 fully saturated rings. The maximum atomic E-state index is 8.73. The van der Waals surface area contributed by atoms with Gasteiger partial charge in [-0.25, -0.2) is 0 Å². The molecule has 0 radical (unpaired) electrons. The van der Waals surface area contributed by atoms with Crippen molar-refractivity contribution in [3.05, 3.63) is 46.2 Å². The molecule has 1 aliphatic heterocycles. The molecular weight excluding hydrogens is 340 g/mol. The Morgan fingerprint density at radius 3 is 2.68 bits per heavy atom. The summed E-state index contributed by atoms with van der Waals surface area (Å²) in [4.78, 5) is 5.56. The van der Waals surface area contributed by atoms with Crippen molar-refractivity contribution in [2.45, 2.75) is 39.3 Å². The van der Waals surface area contributed by atoms with Gasteiger partial charge < -0.3 is 9.84 Å². The van der Waals surface area contributed by atoms with Crippen LogP contribution in [0.1, 0.15) is 38.3 Å². The number of hydrazone groups is 1. The van der Waals surface area contributed by atoms with Crippen LogP contribution in [0, 0.1) is 11.8 Å². The van der Waals surface area contributed by atoms with E-state index in [1.807, 2.05) is 45.0 Å². The molecule has 134 valence electrons. The third kappa shape index (κ3) is 6.09. The first-order valence-corrected chi connectivity index (χ1v) is 8.45. The third-order valence-electron chi connectivity index (χ3n) is 3.25. The van der Waals surface area contributed by atoms with E-state index in [9.17, 15) is 0 Å². The van der Waals surface area contributed by atoms with Gasteiger partial charge in [-0.2, -0.15) is 10.3 Å². The molecule has 2 rings (SSSR count). The lowest BCUT2D eigenvalue weighted by atomic mass is 10.1. The minimum atomic E-state index is -0.268. The number of hydrogen-bond donors (Lipinski definition) is 1. The van der Waals surface area contributed by atoms with Crippen molar-refractivity contribution < 1.29 is 14.7 Å². The standard InChI is InChI=1S/C19H23ClN2O3/c1-19(2,3)22-21-12-18(17(20)14-25-22)24-13-16-9-7-15(8-10-16)6-4-5-11-23/h7-10,12,23H,5,11,13-14H2,1-3H3. The molecular formula is C19H23ClN2O3. The fourth-order valence-corrected chi connectivity index (χ4v) is 2.10. The van der Waals surface area contributed by atoms with Crippen LogP contribution in [0.25, 0.3) is 0 Å². The molecule has 1 aromatic carbocycles. The van der Waals surface area contributed by atoms with Crippen molar-refractivity contribution in [2.24, 2.45) is 5.10 Å². The predicted molar refractivity (Wildman–Crippen MR) is 98.7 cm³/mol. The zero-order chi connectivity index (χ0) is 18.3. The highest BCUT2D eigenvalue weighted by molar-refractivity contribution is 6.31. The molecule has 1 aromatic rings. The number of aliphatic hydroxyl groups excluding tert-OH is 1. The molecule has 0 amide bonds. The number of halogens is 1. The number of nitrogens with zero attached hydrogens (tertiary/aromatic N) is 2. The van der Waals surface area contributed by atoms with E-state index < -0.39 is 0 Å². The lowest BCUT2D eigenvalue weighted by Crippen LogP contribution is -2.37. The Labute approximate surface area is 153 Å². The molecule has 1 heterocycles. The van der Waals surface area contributed by atoms with Gasteiger partial charge in [-0.05, 0) is 38.5 Å². The van der Waals surface area contributed by atoms with E-state index >= 15 is 0 Å². The number of rotatable bonds is 4. The third-order valence-corrected chi connectivity index (χ3v) is 3.55. The van der Waals surface area contributed by atoms with Gasteiger partial charge in [0.05, 0.1) is 23.4 Å². The second kappa shape index (κ2) is 8.91. The second-order valence-electron chi connectivity index (χ2n) is 6.49. The summed E-state index contributed by atoms with van der Waals surface area (Å²) in [5.41, 5.74) is 1.63. The molecule has 0 unspecified atom stereocenters. The van der Waals surface area contributed by atoms with Crippen LogP contribution in [0.5, 0.6) is 0 Å². The number of ether oxygens (including phenoxy) is 1. The molecule has 0 atom stereocenters. The summed E-state index contributed by atoms with van der Waals surface area (Å²) in [7, 11) is 0. The monoisotopic (exact) mass is 362 g/mol. The van der Waals surface area contributed by atoms with Crippen molar-refractivity contribution in [1.82, 2.24) is 5.17 Å². The highest BCUT2D eigenvalue weighted by Crippen LogP contribution is 2.21. The fraction of sp³-hybridized carbons (Fsp3) is 0.421. The van der Waals surface area contributed by atoms with Crippen LogP contribution in [0.4, 0.5) is 0 Å². The van der Waals surface area contributed by atoms with E-state index in [1.165, 1.54) is 5.17 Å². The van der Waals surface area contributed by atoms with Crippen molar-refractivity contribution in [2.75, 3.05) is 13.2 Å². The molecule has 1 N–H and O–H groups in total. The highest BCUT2D eigenvalue weighted by Gasteiger charge is 2.23. The molecule has 1 aliphatic rings. The van der Waals surface area contributed by atoms with Gasteiger partial charge in [0.1, 0.15) is 13.2 Å². The lowest BCUT2D eigenvalue weighted by Gasteiger charge is -2.30. The molecule has 0 aliphatic carbocycles. The van der Waals surface area contributed by atoms with Crippen LogP contribution in [-0.4, -0.2) is 35.2 Å². The van der Waals surface area contributed by atoms with Gasteiger partial charge in [0.2, 0.25) is 0 Å². The average molecular weight is 363 g/mol. The van der Waals surface area contributed by atoms with Gasteiger partial charge in [-0.3, -0.25) is 4.84 Å². The summed E-state index contributed by atoms with van der Waals surface area (Å²) in [5, 5.41) is 15.0. The molecule has 25 heavy (non-hydrogen) atoms.